The quantitative estimate of drug-likeness (QED) is 0.726. The van der Waals surface area contributed by atoms with E-state index in [4.69, 9.17) is 11.0 Å². The zero-order chi connectivity index (χ0) is 11.4. The van der Waals surface area contributed by atoms with Crippen LogP contribution in [0.25, 0.3) is 0 Å². The molecule has 0 saturated heterocycles. The van der Waals surface area contributed by atoms with Crippen molar-refractivity contribution in [2.45, 2.75) is 26.4 Å². The van der Waals surface area contributed by atoms with Gasteiger partial charge in [0.05, 0.1) is 6.07 Å². The van der Waals surface area contributed by atoms with Gasteiger partial charge in [-0.15, -0.1) is 0 Å². The minimum atomic E-state index is -0.603. The first-order chi connectivity index (χ1) is 7.11. The smallest absolute Gasteiger partial charge is 0.332 e. The minimum absolute atomic E-state index is 0.0155. The van der Waals surface area contributed by atoms with Gasteiger partial charge < -0.3 is 5.73 Å². The standard InChI is InChI=1S/C9H12N4O2/c1-2-4-12-6-7(11)8(14)13(5-3-10)9(12)15/h6H,2,4-5,11H2,1H3. The summed E-state index contributed by atoms with van der Waals surface area (Å²) in [5.74, 6) is 0. The highest BCUT2D eigenvalue weighted by Gasteiger charge is 2.07. The molecule has 1 heterocycles. The molecule has 0 unspecified atom stereocenters. The largest absolute Gasteiger partial charge is 0.393 e. The van der Waals surface area contributed by atoms with Crippen molar-refractivity contribution in [2.24, 2.45) is 0 Å². The molecule has 1 rings (SSSR count). The van der Waals surface area contributed by atoms with Crippen molar-refractivity contribution in [2.75, 3.05) is 5.73 Å². The molecule has 1 aromatic rings. The van der Waals surface area contributed by atoms with Crippen LogP contribution in [-0.2, 0) is 13.1 Å². The normalized spacial score (nSPS) is 9.87. The van der Waals surface area contributed by atoms with E-state index in [2.05, 4.69) is 0 Å². The van der Waals surface area contributed by atoms with Crippen LogP contribution in [-0.4, -0.2) is 9.13 Å². The first kappa shape index (κ1) is 11.0. The molecule has 0 spiro atoms. The Labute approximate surface area is 86.2 Å². The molecule has 0 saturated carbocycles. The fourth-order valence-corrected chi connectivity index (χ4v) is 1.29. The van der Waals surface area contributed by atoms with Crippen LogP contribution in [0.5, 0.6) is 0 Å². The summed E-state index contributed by atoms with van der Waals surface area (Å²) in [6.45, 7) is 2.11. The van der Waals surface area contributed by atoms with E-state index in [0.717, 1.165) is 11.0 Å². The van der Waals surface area contributed by atoms with Crippen molar-refractivity contribution < 1.29 is 0 Å². The molecule has 0 radical (unpaired) electrons. The van der Waals surface area contributed by atoms with Crippen molar-refractivity contribution in [3.05, 3.63) is 27.0 Å². The van der Waals surface area contributed by atoms with Gasteiger partial charge in [-0.1, -0.05) is 6.92 Å². The molecule has 0 aliphatic heterocycles. The average molecular weight is 208 g/mol. The van der Waals surface area contributed by atoms with Crippen molar-refractivity contribution in [1.29, 1.82) is 5.26 Å². The molecule has 0 fully saturated rings. The zero-order valence-corrected chi connectivity index (χ0v) is 8.43. The van der Waals surface area contributed by atoms with Gasteiger partial charge in [0.2, 0.25) is 0 Å². The Bertz CT molecular complexity index is 506. The third kappa shape index (κ3) is 2.07. The first-order valence-corrected chi connectivity index (χ1v) is 4.58. The Morgan fingerprint density at radius 1 is 1.53 bits per heavy atom. The monoisotopic (exact) mass is 208 g/mol. The Balaban J connectivity index is 3.44. The highest BCUT2D eigenvalue weighted by atomic mass is 16.2. The minimum Gasteiger partial charge on any atom is -0.393 e. The van der Waals surface area contributed by atoms with E-state index in [0.29, 0.717) is 6.54 Å². The second kappa shape index (κ2) is 4.46. The molecule has 0 bridgehead atoms. The second-order valence-corrected chi connectivity index (χ2v) is 3.11. The number of rotatable bonds is 3. The Kier molecular flexibility index (Phi) is 3.29. The molecule has 15 heavy (non-hydrogen) atoms. The van der Waals surface area contributed by atoms with Gasteiger partial charge in [0.1, 0.15) is 12.2 Å². The Hall–Kier alpha value is -2.03. The average Bonchev–Trinajstić information content (AvgIpc) is 2.21. The maximum Gasteiger partial charge on any atom is 0.332 e. The number of hydrogen-bond acceptors (Lipinski definition) is 4. The lowest BCUT2D eigenvalue weighted by atomic mass is 10.4. The van der Waals surface area contributed by atoms with Gasteiger partial charge >= 0.3 is 5.69 Å². The fraction of sp³-hybridized carbons (Fsp3) is 0.444. The van der Waals surface area contributed by atoms with Gasteiger partial charge in [-0.3, -0.25) is 9.36 Å². The highest BCUT2D eigenvalue weighted by molar-refractivity contribution is 5.31. The summed E-state index contributed by atoms with van der Waals surface area (Å²) >= 11 is 0. The van der Waals surface area contributed by atoms with Crippen LogP contribution in [0.1, 0.15) is 13.3 Å². The highest BCUT2D eigenvalue weighted by Crippen LogP contribution is 1.91. The third-order valence-electron chi connectivity index (χ3n) is 1.96. The number of anilines is 1. The molecule has 0 aliphatic rings. The van der Waals surface area contributed by atoms with Crippen molar-refractivity contribution in [3.63, 3.8) is 0 Å². The maximum atomic E-state index is 11.6. The van der Waals surface area contributed by atoms with Crippen LogP contribution in [0.2, 0.25) is 0 Å². The maximum absolute atomic E-state index is 11.6. The predicted octanol–water partition coefficient (Wildman–Crippen LogP) is -0.474. The van der Waals surface area contributed by atoms with Gasteiger partial charge in [0, 0.05) is 12.7 Å². The molecule has 0 aromatic carbocycles. The lowest BCUT2D eigenvalue weighted by Gasteiger charge is -2.07. The van der Waals surface area contributed by atoms with Crippen LogP contribution in [0.15, 0.2) is 15.8 Å². The first-order valence-electron chi connectivity index (χ1n) is 4.58. The number of nitriles is 1. The molecule has 6 heteroatoms. The number of aromatic nitrogens is 2. The predicted molar refractivity (Wildman–Crippen MR) is 55.3 cm³/mol. The topological polar surface area (TPSA) is 93.8 Å². The number of nitrogens with zero attached hydrogens (tertiary/aromatic N) is 3. The Morgan fingerprint density at radius 2 is 2.20 bits per heavy atom. The van der Waals surface area contributed by atoms with Crippen LogP contribution in [0.4, 0.5) is 5.69 Å². The van der Waals surface area contributed by atoms with Gasteiger partial charge in [-0.25, -0.2) is 9.36 Å². The van der Waals surface area contributed by atoms with E-state index in [9.17, 15) is 9.59 Å². The zero-order valence-electron chi connectivity index (χ0n) is 8.43. The van der Waals surface area contributed by atoms with Crippen LogP contribution in [0, 0.1) is 11.3 Å². The summed E-state index contributed by atoms with van der Waals surface area (Å²) in [6.07, 6.45) is 2.08. The summed E-state index contributed by atoms with van der Waals surface area (Å²) in [5, 5.41) is 8.48. The molecular formula is C9H12N4O2. The second-order valence-electron chi connectivity index (χ2n) is 3.11. The molecular weight excluding hydrogens is 196 g/mol. The summed E-state index contributed by atoms with van der Waals surface area (Å²) in [4.78, 5) is 23.1. The van der Waals surface area contributed by atoms with E-state index < -0.39 is 11.2 Å². The van der Waals surface area contributed by atoms with Crippen molar-refractivity contribution in [1.82, 2.24) is 9.13 Å². The van der Waals surface area contributed by atoms with Crippen LogP contribution in [0.3, 0.4) is 0 Å². The molecule has 6 nitrogen and oxygen atoms in total. The van der Waals surface area contributed by atoms with E-state index in [1.807, 2.05) is 6.92 Å². The molecule has 80 valence electrons. The summed E-state index contributed by atoms with van der Waals surface area (Å²) in [5.41, 5.74) is 4.34. The lowest BCUT2D eigenvalue weighted by Crippen LogP contribution is -2.40. The molecule has 0 amide bonds. The van der Waals surface area contributed by atoms with Crippen LogP contribution < -0.4 is 17.0 Å². The van der Waals surface area contributed by atoms with Crippen molar-refractivity contribution in [3.8, 4) is 6.07 Å². The van der Waals surface area contributed by atoms with Gasteiger partial charge in [-0.05, 0) is 6.42 Å². The molecule has 1 aromatic heterocycles. The number of nitrogens with two attached hydrogens (primary N) is 1. The summed E-state index contributed by atoms with van der Waals surface area (Å²) in [7, 11) is 0. The molecule has 0 atom stereocenters. The fourth-order valence-electron chi connectivity index (χ4n) is 1.29. The van der Waals surface area contributed by atoms with Gasteiger partial charge in [-0.2, -0.15) is 5.26 Å². The van der Waals surface area contributed by atoms with E-state index in [-0.39, 0.29) is 12.2 Å². The van der Waals surface area contributed by atoms with E-state index in [1.54, 1.807) is 6.07 Å². The number of nitrogen functional groups attached to an aromatic ring is 1. The summed E-state index contributed by atoms with van der Waals surface area (Å²) in [6, 6.07) is 1.76. The molecule has 0 aliphatic carbocycles. The SMILES string of the molecule is CCCn1cc(N)c(=O)n(CC#N)c1=O. The Morgan fingerprint density at radius 3 is 2.73 bits per heavy atom. The van der Waals surface area contributed by atoms with E-state index in [1.165, 1.54) is 10.8 Å². The van der Waals surface area contributed by atoms with Crippen molar-refractivity contribution >= 4 is 5.69 Å². The van der Waals surface area contributed by atoms with Gasteiger partial charge in [0.25, 0.3) is 5.56 Å². The third-order valence-corrected chi connectivity index (χ3v) is 1.96. The van der Waals surface area contributed by atoms with Crippen LogP contribution >= 0.6 is 0 Å². The van der Waals surface area contributed by atoms with Gasteiger partial charge in [0.15, 0.2) is 0 Å². The number of hydrogen-bond donors (Lipinski definition) is 1. The van der Waals surface area contributed by atoms with E-state index >= 15 is 0 Å². The lowest BCUT2D eigenvalue weighted by molar-refractivity contribution is 0.580. The summed E-state index contributed by atoms with van der Waals surface area (Å²) < 4.78 is 2.18. The molecule has 2 N–H and O–H groups in total. The number of aryl methyl sites for hydroxylation is 1.